The molecule has 34 nitrogen and oxygen atoms in total. The van der Waals surface area contributed by atoms with Crippen molar-refractivity contribution in [3.63, 3.8) is 0 Å². The molecule has 1 saturated heterocycles. The van der Waals surface area contributed by atoms with Crippen LogP contribution >= 0.6 is 0 Å². The van der Waals surface area contributed by atoms with Crippen molar-refractivity contribution >= 4 is 86.0 Å². The third-order valence-corrected chi connectivity index (χ3v) is 16.7. The van der Waals surface area contributed by atoms with Crippen LogP contribution in [0.5, 0.6) is 5.75 Å². The molecule has 1 aliphatic heterocycles. The van der Waals surface area contributed by atoms with Crippen molar-refractivity contribution in [2.24, 2.45) is 11.4 Å². The number of carboxylic acids is 4. The molecule has 1 atom stereocenters. The van der Waals surface area contributed by atoms with Gasteiger partial charge in [-0.25, -0.2) is 9.78 Å². The Hall–Kier alpha value is -8.97. The number of imidazole rings is 1. The van der Waals surface area contributed by atoms with Crippen LogP contribution in [-0.2, 0) is 76.2 Å². The standard InChI is InChI=1S/C62H90N14O20S/c1-42-32-45(33-43(2)58(42)97(91,92)71-49(61(89)90)36-68-59(87)47-37-72(4)50-34-44(9-10-46(50)57(47)86)35-69-62-66-15-16-67-62)96-27-5-8-52(78)64-13-6-25-93-28-30-95-31-29-94-26-7-14-65-60(88)48(11-12-51(77)63-3)70-53(79)38-73-17-19-74(39-54(80)81)21-23-76(41-56(84)85)24-22-75(20-18-73)40-55(82)83/h9-10,15-16,32-34,37,48H,5-8,11-14,17-31,35-36,38-41H2,1-4H3,(H,63,77)(H,64,78)(H,65,88)(H,68,87)(H,70,79)(H,80,81)(H,82,83)(H,84,85)(H,89,90)(H2,66,67,69)/b71-49+/t48-/m1/s1. The van der Waals surface area contributed by atoms with Gasteiger partial charge in [0.05, 0.1) is 76.2 Å². The Balaban J connectivity index is 0.930. The summed E-state index contributed by atoms with van der Waals surface area (Å²) in [4.78, 5) is 139. The highest BCUT2D eigenvalue weighted by Crippen LogP contribution is 2.28. The number of pyridine rings is 1. The number of carboxylic acid groups (broad SMARTS) is 4. The highest BCUT2D eigenvalue weighted by atomic mass is 32.2. The highest BCUT2D eigenvalue weighted by molar-refractivity contribution is 7.90. The molecule has 0 spiro atoms. The molecule has 2 aromatic carbocycles. The maximum atomic E-state index is 13.6. The Morgan fingerprint density at radius 1 is 0.670 bits per heavy atom. The molecule has 534 valence electrons. The number of nitrogens with zero attached hydrogens (tertiary/aromatic N) is 7. The third-order valence-electron chi connectivity index (χ3n) is 15.1. The van der Waals surface area contributed by atoms with Gasteiger partial charge in [-0.15, -0.1) is 0 Å². The number of amides is 5. The van der Waals surface area contributed by atoms with E-state index in [2.05, 4.69) is 46.3 Å². The average molecular weight is 1380 g/mol. The number of benzene rings is 2. The Labute approximate surface area is 560 Å². The Bertz CT molecular complexity index is 3460. The van der Waals surface area contributed by atoms with E-state index in [1.807, 2.05) is 0 Å². The molecule has 0 bridgehead atoms. The number of aryl methyl sites for hydroxylation is 3. The first-order chi connectivity index (χ1) is 46.3. The third kappa shape index (κ3) is 28.7. The molecule has 4 aromatic rings. The lowest BCUT2D eigenvalue weighted by Gasteiger charge is -2.33. The summed E-state index contributed by atoms with van der Waals surface area (Å²) >= 11 is 0. The number of hydrogen-bond acceptors (Lipinski definition) is 22. The van der Waals surface area contributed by atoms with Crippen LogP contribution in [0, 0.1) is 13.8 Å². The minimum absolute atomic E-state index is 0.00888. The van der Waals surface area contributed by atoms with Crippen LogP contribution in [0.2, 0.25) is 0 Å². The first kappa shape index (κ1) is 78.7. The fraction of sp³-hybridized carbons (Fsp3) is 0.548. The van der Waals surface area contributed by atoms with E-state index >= 15 is 0 Å². The summed E-state index contributed by atoms with van der Waals surface area (Å²) in [5, 5.41) is 54.9. The second kappa shape index (κ2) is 41.2. The minimum atomic E-state index is -4.64. The van der Waals surface area contributed by atoms with E-state index in [9.17, 15) is 76.8 Å². The number of carbonyl (C=O) groups is 9. The van der Waals surface area contributed by atoms with Crippen molar-refractivity contribution in [3.05, 3.63) is 81.4 Å². The van der Waals surface area contributed by atoms with Gasteiger partial charge in [-0.3, -0.25) is 62.8 Å². The van der Waals surface area contributed by atoms with E-state index in [0.717, 1.165) is 5.56 Å². The molecule has 35 heteroatoms. The molecule has 3 heterocycles. The number of nitrogens with one attached hydrogen (secondary N) is 7. The van der Waals surface area contributed by atoms with Gasteiger partial charge in [-0.1, -0.05) is 6.07 Å². The number of aromatic amines is 1. The van der Waals surface area contributed by atoms with E-state index in [-0.39, 0.29) is 170 Å². The van der Waals surface area contributed by atoms with Gasteiger partial charge in [0.25, 0.3) is 15.9 Å². The normalized spacial score (nSPS) is 14.3. The molecular formula is C62H90N14O20S. The van der Waals surface area contributed by atoms with Crippen LogP contribution in [0.1, 0.15) is 65.6 Å². The van der Waals surface area contributed by atoms with Gasteiger partial charge in [-0.05, 0) is 80.5 Å². The molecule has 1 aliphatic rings. The number of ether oxygens (including phenoxy) is 4. The van der Waals surface area contributed by atoms with E-state index in [4.69, 9.17) is 18.9 Å². The van der Waals surface area contributed by atoms with Crippen molar-refractivity contribution < 1.29 is 90.9 Å². The summed E-state index contributed by atoms with van der Waals surface area (Å²) in [5.41, 5.74) is -0.0164. The topological polar surface area (TPSA) is 454 Å². The predicted octanol–water partition coefficient (Wildman–Crippen LogP) is -1.16. The highest BCUT2D eigenvalue weighted by Gasteiger charge is 2.27. The van der Waals surface area contributed by atoms with Gasteiger partial charge < -0.3 is 80.8 Å². The number of aromatic nitrogens is 3. The van der Waals surface area contributed by atoms with Gasteiger partial charge in [-0.2, -0.15) is 12.8 Å². The summed E-state index contributed by atoms with van der Waals surface area (Å²) in [5.74, 6) is -6.64. The van der Waals surface area contributed by atoms with Gasteiger partial charge in [0.1, 0.15) is 17.4 Å². The molecule has 0 saturated carbocycles. The minimum Gasteiger partial charge on any atom is -0.494 e. The fourth-order valence-corrected chi connectivity index (χ4v) is 11.7. The van der Waals surface area contributed by atoms with Gasteiger partial charge in [0.15, 0.2) is 11.7 Å². The molecule has 1 fully saturated rings. The largest absolute Gasteiger partial charge is 0.494 e. The number of H-pyrrole nitrogens is 1. The maximum Gasteiger partial charge on any atom is 0.353 e. The Morgan fingerprint density at radius 2 is 1.22 bits per heavy atom. The predicted molar refractivity (Wildman–Crippen MR) is 352 cm³/mol. The fourth-order valence-electron chi connectivity index (χ4n) is 10.2. The summed E-state index contributed by atoms with van der Waals surface area (Å²) in [6, 6.07) is 6.89. The summed E-state index contributed by atoms with van der Waals surface area (Å²) < 4.78 is 54.9. The van der Waals surface area contributed by atoms with Crippen LogP contribution in [0.15, 0.2) is 63.0 Å². The number of hydrogen-bond donors (Lipinski definition) is 11. The number of aliphatic carboxylic acids is 4. The molecule has 0 unspecified atom stereocenters. The zero-order valence-electron chi connectivity index (χ0n) is 55.1. The number of fused-ring (bicyclic) bond motifs is 1. The van der Waals surface area contributed by atoms with Crippen LogP contribution < -0.4 is 42.1 Å². The molecule has 0 radical (unpaired) electrons. The van der Waals surface area contributed by atoms with Crippen molar-refractivity contribution in [2.75, 3.05) is 157 Å². The zero-order valence-corrected chi connectivity index (χ0v) is 55.9. The number of rotatable bonds is 41. The number of carbonyl (C=O) groups excluding carboxylic acids is 5. The van der Waals surface area contributed by atoms with E-state index < -0.39 is 75.3 Å². The molecule has 2 aromatic heterocycles. The van der Waals surface area contributed by atoms with Crippen molar-refractivity contribution in [2.45, 2.75) is 69.9 Å². The average Bonchev–Trinajstić information content (AvgIpc) is 1.15. The van der Waals surface area contributed by atoms with Crippen LogP contribution in [0.25, 0.3) is 10.9 Å². The van der Waals surface area contributed by atoms with Crippen molar-refractivity contribution in [3.8, 4) is 5.75 Å². The van der Waals surface area contributed by atoms with Gasteiger partial charge in [0.2, 0.25) is 29.1 Å². The van der Waals surface area contributed by atoms with Crippen molar-refractivity contribution in [1.29, 1.82) is 0 Å². The first-order valence-corrected chi connectivity index (χ1v) is 33.0. The molecular weight excluding hydrogens is 1290 g/mol. The van der Waals surface area contributed by atoms with Gasteiger partial charge in [0, 0.05) is 136 Å². The molecule has 5 rings (SSSR count). The Kier molecular flexibility index (Phi) is 33.4. The van der Waals surface area contributed by atoms with E-state index in [0.29, 0.717) is 69.4 Å². The maximum absolute atomic E-state index is 13.6. The quantitative estimate of drug-likeness (QED) is 0.0184. The number of anilines is 1. The van der Waals surface area contributed by atoms with E-state index in [1.165, 1.54) is 39.2 Å². The SMILES string of the molecule is CNC(=O)CC[C@@H](NC(=O)CN1CCN(CC(=O)O)CCN(CC(=O)O)CCN(CC(=O)O)CC1)C(=O)NCCCOCCOCCOCCCNC(=O)CCCOc1cc(C)c(S(=O)(=O)/N=C(\CNC(=O)c2cn(C)c3cc(CNc4ncc[nH]4)ccc3c2=O)C(=O)O)c(C)c1. The van der Waals surface area contributed by atoms with Crippen LogP contribution in [-0.4, -0.2) is 280 Å². The van der Waals surface area contributed by atoms with E-state index in [1.54, 1.807) is 61.8 Å². The summed E-state index contributed by atoms with van der Waals surface area (Å²) in [6.07, 6.45) is 5.95. The Morgan fingerprint density at radius 3 is 1.74 bits per heavy atom. The van der Waals surface area contributed by atoms with Crippen LogP contribution in [0.3, 0.4) is 0 Å². The lowest BCUT2D eigenvalue weighted by molar-refractivity contribution is -0.140. The summed E-state index contributed by atoms with van der Waals surface area (Å²) in [7, 11) is -1.55. The molecule has 97 heavy (non-hydrogen) atoms. The molecule has 0 aliphatic carbocycles. The van der Waals surface area contributed by atoms with Crippen molar-refractivity contribution in [1.82, 2.24) is 60.7 Å². The second-order valence-electron chi connectivity index (χ2n) is 22.8. The van der Waals surface area contributed by atoms with Gasteiger partial charge >= 0.3 is 23.9 Å². The zero-order chi connectivity index (χ0) is 70.9. The number of sulfonamides is 1. The second-order valence-corrected chi connectivity index (χ2v) is 24.3. The summed E-state index contributed by atoms with van der Waals surface area (Å²) in [6.45, 7) is 5.42. The van der Waals surface area contributed by atoms with Crippen LogP contribution in [0.4, 0.5) is 5.95 Å². The lowest BCUT2D eigenvalue weighted by atomic mass is 10.1. The monoisotopic (exact) mass is 1380 g/mol. The molecule has 11 N–H and O–H groups in total. The molecule has 5 amide bonds. The first-order valence-electron chi connectivity index (χ1n) is 31.6. The lowest BCUT2D eigenvalue weighted by Crippen LogP contribution is -2.52. The smallest absolute Gasteiger partial charge is 0.353 e.